The molecule has 0 aliphatic heterocycles. The van der Waals surface area contributed by atoms with E-state index in [0.717, 1.165) is 24.2 Å². The standard InChI is InChI=1S/C19H24N4O2/c1-13(2)14-5-7-16(8-6-14)22-19(25)20-9-10-23-12-21-17(11-18(23)24)15-3-4-15/h5-8,11-13,15H,3-4,9-10H2,1-2H3,(H2,20,22,25). The molecule has 2 amide bonds. The van der Waals surface area contributed by atoms with E-state index in [0.29, 0.717) is 24.9 Å². The number of urea groups is 1. The number of hydrogen-bond donors (Lipinski definition) is 2. The zero-order valence-electron chi connectivity index (χ0n) is 14.7. The van der Waals surface area contributed by atoms with Gasteiger partial charge < -0.3 is 10.6 Å². The van der Waals surface area contributed by atoms with Crippen LogP contribution in [0, 0.1) is 0 Å². The van der Waals surface area contributed by atoms with Gasteiger partial charge in [-0.1, -0.05) is 26.0 Å². The summed E-state index contributed by atoms with van der Waals surface area (Å²) in [6.07, 6.45) is 3.81. The van der Waals surface area contributed by atoms with Crippen molar-refractivity contribution >= 4 is 11.7 Å². The van der Waals surface area contributed by atoms with Crippen LogP contribution < -0.4 is 16.2 Å². The van der Waals surface area contributed by atoms with Crippen LogP contribution in [0.2, 0.25) is 0 Å². The second-order valence-corrected chi connectivity index (χ2v) is 6.78. The highest BCUT2D eigenvalue weighted by Gasteiger charge is 2.25. The van der Waals surface area contributed by atoms with E-state index in [-0.39, 0.29) is 11.6 Å². The number of nitrogens with zero attached hydrogens (tertiary/aromatic N) is 2. The molecule has 1 aliphatic carbocycles. The lowest BCUT2D eigenvalue weighted by Gasteiger charge is -2.10. The summed E-state index contributed by atoms with van der Waals surface area (Å²) in [5.41, 5.74) is 2.79. The molecule has 1 fully saturated rings. The lowest BCUT2D eigenvalue weighted by atomic mass is 10.0. The fraction of sp³-hybridized carbons (Fsp3) is 0.421. The Morgan fingerprint density at radius 3 is 2.60 bits per heavy atom. The van der Waals surface area contributed by atoms with Gasteiger partial charge in [0.05, 0.1) is 12.0 Å². The molecule has 1 saturated carbocycles. The van der Waals surface area contributed by atoms with Gasteiger partial charge in [-0.05, 0) is 36.5 Å². The zero-order chi connectivity index (χ0) is 17.8. The molecule has 0 saturated heterocycles. The minimum atomic E-state index is -0.284. The topological polar surface area (TPSA) is 76.0 Å². The van der Waals surface area contributed by atoms with Gasteiger partial charge >= 0.3 is 6.03 Å². The Morgan fingerprint density at radius 2 is 2.00 bits per heavy atom. The maximum Gasteiger partial charge on any atom is 0.319 e. The largest absolute Gasteiger partial charge is 0.336 e. The minimum absolute atomic E-state index is 0.0663. The van der Waals surface area contributed by atoms with Crippen LogP contribution in [-0.2, 0) is 6.54 Å². The number of carbonyl (C=O) groups is 1. The molecule has 0 atom stereocenters. The van der Waals surface area contributed by atoms with Crippen molar-refractivity contribution in [1.29, 1.82) is 0 Å². The van der Waals surface area contributed by atoms with Gasteiger partial charge in [0.15, 0.2) is 0 Å². The highest BCUT2D eigenvalue weighted by molar-refractivity contribution is 5.89. The molecule has 1 heterocycles. The Balaban J connectivity index is 1.46. The van der Waals surface area contributed by atoms with E-state index in [4.69, 9.17) is 0 Å². The van der Waals surface area contributed by atoms with E-state index in [1.807, 2.05) is 24.3 Å². The molecule has 2 N–H and O–H groups in total. The number of rotatable bonds is 6. The highest BCUT2D eigenvalue weighted by atomic mass is 16.2. The minimum Gasteiger partial charge on any atom is -0.336 e. The number of carbonyl (C=O) groups excluding carboxylic acids is 1. The van der Waals surface area contributed by atoms with Crippen molar-refractivity contribution in [2.24, 2.45) is 0 Å². The van der Waals surface area contributed by atoms with Gasteiger partial charge in [0.25, 0.3) is 5.56 Å². The van der Waals surface area contributed by atoms with Crippen LogP contribution in [0.3, 0.4) is 0 Å². The average molecular weight is 340 g/mol. The van der Waals surface area contributed by atoms with Crippen LogP contribution in [0.1, 0.15) is 49.8 Å². The summed E-state index contributed by atoms with van der Waals surface area (Å²) < 4.78 is 1.52. The van der Waals surface area contributed by atoms with Crippen molar-refractivity contribution < 1.29 is 4.79 Å². The first-order chi connectivity index (χ1) is 12.0. The Morgan fingerprint density at radius 1 is 1.28 bits per heavy atom. The highest BCUT2D eigenvalue weighted by Crippen LogP contribution is 2.38. The Kier molecular flexibility index (Phi) is 5.16. The maximum absolute atomic E-state index is 12.0. The molecule has 3 rings (SSSR count). The molecule has 0 unspecified atom stereocenters. The average Bonchev–Trinajstić information content (AvgIpc) is 3.42. The van der Waals surface area contributed by atoms with Crippen molar-refractivity contribution in [2.75, 3.05) is 11.9 Å². The second-order valence-electron chi connectivity index (χ2n) is 6.78. The third kappa shape index (κ3) is 4.68. The maximum atomic E-state index is 12.0. The number of benzene rings is 1. The second kappa shape index (κ2) is 7.51. The molecule has 6 nitrogen and oxygen atoms in total. The van der Waals surface area contributed by atoms with E-state index < -0.39 is 0 Å². The van der Waals surface area contributed by atoms with Crippen LogP contribution in [0.25, 0.3) is 0 Å². The van der Waals surface area contributed by atoms with E-state index in [2.05, 4.69) is 29.5 Å². The first-order valence-electron chi connectivity index (χ1n) is 8.74. The lowest BCUT2D eigenvalue weighted by Crippen LogP contribution is -2.33. The summed E-state index contributed by atoms with van der Waals surface area (Å²) in [6.45, 7) is 5.02. The molecule has 6 heteroatoms. The van der Waals surface area contributed by atoms with Crippen molar-refractivity contribution in [3.63, 3.8) is 0 Å². The molecule has 1 aromatic carbocycles. The summed E-state index contributed by atoms with van der Waals surface area (Å²) in [7, 11) is 0. The number of nitrogens with one attached hydrogen (secondary N) is 2. The predicted molar refractivity (Wildman–Crippen MR) is 98.0 cm³/mol. The van der Waals surface area contributed by atoms with Gasteiger partial charge in [-0.2, -0.15) is 0 Å². The predicted octanol–water partition coefficient (Wildman–Crippen LogP) is 3.07. The summed E-state index contributed by atoms with van der Waals surface area (Å²) in [4.78, 5) is 28.3. The van der Waals surface area contributed by atoms with Crippen LogP contribution >= 0.6 is 0 Å². The fourth-order valence-corrected chi connectivity index (χ4v) is 2.63. The Hall–Kier alpha value is -2.63. The molecule has 132 valence electrons. The SMILES string of the molecule is CC(C)c1ccc(NC(=O)NCCn2cnc(C3CC3)cc2=O)cc1. The number of hydrogen-bond acceptors (Lipinski definition) is 3. The third-order valence-corrected chi connectivity index (χ3v) is 4.37. The molecule has 0 spiro atoms. The summed E-state index contributed by atoms with van der Waals surface area (Å²) in [6, 6.07) is 9.11. The Labute approximate surface area is 147 Å². The van der Waals surface area contributed by atoms with Crippen LogP contribution in [0.15, 0.2) is 41.5 Å². The molecule has 1 aromatic heterocycles. The quantitative estimate of drug-likeness (QED) is 0.848. The normalized spacial score (nSPS) is 13.7. The zero-order valence-corrected chi connectivity index (χ0v) is 14.7. The van der Waals surface area contributed by atoms with Crippen molar-refractivity contribution in [2.45, 2.75) is 45.1 Å². The summed E-state index contributed by atoms with van der Waals surface area (Å²) >= 11 is 0. The van der Waals surface area contributed by atoms with Crippen LogP contribution in [0.5, 0.6) is 0 Å². The van der Waals surface area contributed by atoms with Crippen LogP contribution in [-0.4, -0.2) is 22.1 Å². The van der Waals surface area contributed by atoms with Crippen molar-refractivity contribution in [3.8, 4) is 0 Å². The summed E-state index contributed by atoms with van der Waals surface area (Å²) in [5.74, 6) is 0.925. The third-order valence-electron chi connectivity index (χ3n) is 4.37. The van der Waals surface area contributed by atoms with Crippen molar-refractivity contribution in [3.05, 3.63) is 58.3 Å². The number of amides is 2. The monoisotopic (exact) mass is 340 g/mol. The molecular formula is C19H24N4O2. The smallest absolute Gasteiger partial charge is 0.319 e. The van der Waals surface area contributed by atoms with Gasteiger partial charge in [0.2, 0.25) is 0 Å². The lowest BCUT2D eigenvalue weighted by molar-refractivity contribution is 0.251. The van der Waals surface area contributed by atoms with E-state index in [9.17, 15) is 9.59 Å². The molecule has 2 aromatic rings. The Bertz CT molecular complexity index is 792. The van der Waals surface area contributed by atoms with Crippen LogP contribution in [0.4, 0.5) is 10.5 Å². The van der Waals surface area contributed by atoms with Crippen molar-refractivity contribution in [1.82, 2.24) is 14.9 Å². The molecule has 1 aliphatic rings. The number of anilines is 1. The molecule has 0 bridgehead atoms. The van der Waals surface area contributed by atoms with E-state index >= 15 is 0 Å². The molecular weight excluding hydrogens is 316 g/mol. The van der Waals surface area contributed by atoms with Gasteiger partial charge in [-0.3, -0.25) is 9.36 Å². The summed E-state index contributed by atoms with van der Waals surface area (Å²) in [5, 5.41) is 5.54. The van der Waals surface area contributed by atoms with Gasteiger partial charge in [0, 0.05) is 30.8 Å². The van der Waals surface area contributed by atoms with E-state index in [1.54, 1.807) is 12.4 Å². The molecule has 25 heavy (non-hydrogen) atoms. The molecule has 0 radical (unpaired) electrons. The number of aromatic nitrogens is 2. The van der Waals surface area contributed by atoms with E-state index in [1.165, 1.54) is 10.1 Å². The van der Waals surface area contributed by atoms with Gasteiger partial charge in [0.1, 0.15) is 0 Å². The van der Waals surface area contributed by atoms with Gasteiger partial charge in [-0.15, -0.1) is 0 Å². The van der Waals surface area contributed by atoms with Gasteiger partial charge in [-0.25, -0.2) is 9.78 Å². The first kappa shape index (κ1) is 17.2. The fourth-order valence-electron chi connectivity index (χ4n) is 2.63. The first-order valence-corrected chi connectivity index (χ1v) is 8.74.